The number of carbonyl (C=O) groups is 7. The van der Waals surface area contributed by atoms with E-state index in [0.29, 0.717) is 0 Å². The molecule has 55 heavy (non-hydrogen) atoms. The van der Waals surface area contributed by atoms with E-state index in [0.717, 1.165) is 22.3 Å². The molecule has 0 bridgehead atoms. The number of benzene rings is 2. The van der Waals surface area contributed by atoms with E-state index in [4.69, 9.17) is 40.9 Å². The summed E-state index contributed by atoms with van der Waals surface area (Å²) < 4.78 is 26.4. The van der Waals surface area contributed by atoms with Gasteiger partial charge in [-0.25, -0.2) is 9.59 Å². The summed E-state index contributed by atoms with van der Waals surface area (Å²) in [5.74, 6) is -3.21. The number of amides is 7. The first-order valence-corrected chi connectivity index (χ1v) is 17.5. The molecule has 10 N–H and O–H groups in total. The van der Waals surface area contributed by atoms with Crippen LogP contribution in [0, 0.1) is 0 Å². The van der Waals surface area contributed by atoms with Crippen LogP contribution in [0.4, 0.5) is 9.59 Å². The quantitative estimate of drug-likeness (QED) is 0.0584. The van der Waals surface area contributed by atoms with Crippen LogP contribution in [0.25, 0.3) is 11.1 Å². The number of fused-ring (bicyclic) bond motifs is 3. The van der Waals surface area contributed by atoms with Crippen LogP contribution >= 0.6 is 0 Å². The summed E-state index contributed by atoms with van der Waals surface area (Å²) in [5.41, 5.74) is 17.7. The fraction of sp³-hybridized carbons (Fsp3) is 0.472. The van der Waals surface area contributed by atoms with Gasteiger partial charge < -0.3 is 62.2 Å². The normalized spacial score (nSPS) is 11.8. The SMILES string of the molecule is NC(=O)COCCNC(=O)CCC(CCC(=O)NCCOCC(N)=O)(COC(=O)NCCOCC(N)=O)NC(=O)OCC1c2ccccc2-c2ccccc21. The standard InChI is InChI=1S/C36H49N7O12/c37-29(44)20-51-16-13-40-32(47)9-11-36(12-10-33(48)41-14-17-52-21-30(38)45,23-55-34(49)42-15-18-53-22-31(39)46)43-35(50)54-19-28-26-7-3-1-5-24(26)25-6-2-4-8-27(25)28/h1-8,28H,9-23H2,(H2,37,44)(H2,38,45)(H2,39,46)(H,40,47)(H,41,48)(H,42,49)(H,43,50). The van der Waals surface area contributed by atoms with Crippen molar-refractivity contribution >= 4 is 41.7 Å². The highest BCUT2D eigenvalue weighted by Crippen LogP contribution is 2.44. The molecule has 19 nitrogen and oxygen atoms in total. The minimum atomic E-state index is -1.51. The topological polar surface area (TPSA) is 292 Å². The highest BCUT2D eigenvalue weighted by atomic mass is 16.6. The first-order chi connectivity index (χ1) is 26.4. The Kier molecular flexibility index (Phi) is 18.3. The van der Waals surface area contributed by atoms with E-state index >= 15 is 0 Å². The molecule has 300 valence electrons. The molecule has 1 aliphatic carbocycles. The highest BCUT2D eigenvalue weighted by molar-refractivity contribution is 5.80. The summed E-state index contributed by atoms with van der Waals surface area (Å²) in [4.78, 5) is 84.9. The van der Waals surface area contributed by atoms with Crippen molar-refractivity contribution in [3.8, 4) is 11.1 Å². The first-order valence-electron chi connectivity index (χ1n) is 17.5. The zero-order valence-electron chi connectivity index (χ0n) is 30.4. The van der Waals surface area contributed by atoms with Gasteiger partial charge in [0.25, 0.3) is 0 Å². The average molecular weight is 772 g/mol. The van der Waals surface area contributed by atoms with Crippen LogP contribution in [-0.4, -0.2) is 120 Å². The maximum Gasteiger partial charge on any atom is 0.407 e. The Hall–Kier alpha value is -5.79. The number of nitrogens with one attached hydrogen (secondary N) is 4. The predicted octanol–water partition coefficient (Wildman–Crippen LogP) is -0.711. The van der Waals surface area contributed by atoms with E-state index in [1.54, 1.807) is 0 Å². The van der Waals surface area contributed by atoms with Crippen LogP contribution in [0.5, 0.6) is 0 Å². The van der Waals surface area contributed by atoms with Crippen LogP contribution in [0.1, 0.15) is 42.7 Å². The van der Waals surface area contributed by atoms with Crippen molar-refractivity contribution in [1.29, 1.82) is 0 Å². The van der Waals surface area contributed by atoms with Gasteiger partial charge in [-0.15, -0.1) is 0 Å². The van der Waals surface area contributed by atoms with Crippen molar-refractivity contribution in [2.24, 2.45) is 17.2 Å². The van der Waals surface area contributed by atoms with Crippen molar-refractivity contribution in [1.82, 2.24) is 21.3 Å². The van der Waals surface area contributed by atoms with Crippen molar-refractivity contribution in [2.75, 3.05) is 72.5 Å². The third-order valence-corrected chi connectivity index (χ3v) is 8.24. The van der Waals surface area contributed by atoms with Crippen LogP contribution in [-0.2, 0) is 47.7 Å². The highest BCUT2D eigenvalue weighted by Gasteiger charge is 2.36. The smallest absolute Gasteiger partial charge is 0.407 e. The van der Waals surface area contributed by atoms with Crippen LogP contribution in [0.2, 0.25) is 0 Å². The van der Waals surface area contributed by atoms with E-state index < -0.39 is 53.9 Å². The molecule has 0 unspecified atom stereocenters. The number of alkyl carbamates (subject to hydrolysis) is 2. The second kappa shape index (κ2) is 23.1. The maximum atomic E-state index is 13.6. The third-order valence-electron chi connectivity index (χ3n) is 8.24. The van der Waals surface area contributed by atoms with Crippen LogP contribution in [0.15, 0.2) is 48.5 Å². The minimum Gasteiger partial charge on any atom is -0.449 e. The molecular weight excluding hydrogens is 722 g/mol. The molecule has 0 spiro atoms. The van der Waals surface area contributed by atoms with Gasteiger partial charge in [0.15, 0.2) is 0 Å². The van der Waals surface area contributed by atoms with Crippen molar-refractivity contribution < 1.29 is 57.2 Å². The average Bonchev–Trinajstić information content (AvgIpc) is 3.47. The van der Waals surface area contributed by atoms with E-state index in [9.17, 15) is 33.6 Å². The van der Waals surface area contributed by atoms with Gasteiger partial charge in [-0.05, 0) is 35.1 Å². The summed E-state index contributed by atoms with van der Waals surface area (Å²) in [6, 6.07) is 15.6. The number of hydrogen-bond acceptors (Lipinski definition) is 12. The lowest BCUT2D eigenvalue weighted by molar-refractivity contribution is -0.124. The Labute approximate surface area is 317 Å². The van der Waals surface area contributed by atoms with E-state index in [2.05, 4.69) is 21.3 Å². The number of ether oxygens (including phenoxy) is 5. The first kappa shape index (κ1) is 43.6. The predicted molar refractivity (Wildman–Crippen MR) is 195 cm³/mol. The summed E-state index contributed by atoms with van der Waals surface area (Å²) in [5, 5.41) is 10.5. The summed E-state index contributed by atoms with van der Waals surface area (Å²) in [7, 11) is 0. The molecule has 3 rings (SSSR count). The zero-order valence-corrected chi connectivity index (χ0v) is 30.4. The Morgan fingerprint density at radius 3 is 1.47 bits per heavy atom. The molecule has 0 heterocycles. The van der Waals surface area contributed by atoms with Crippen LogP contribution in [0.3, 0.4) is 0 Å². The molecule has 1 aliphatic rings. The Bertz CT molecular complexity index is 1500. The molecule has 0 aromatic heterocycles. The van der Waals surface area contributed by atoms with Gasteiger partial charge in [0, 0.05) is 38.4 Å². The van der Waals surface area contributed by atoms with Gasteiger partial charge in [0.1, 0.15) is 33.0 Å². The zero-order chi connectivity index (χ0) is 40.1. The van der Waals surface area contributed by atoms with Crippen LogP contribution < -0.4 is 38.5 Å². The molecule has 0 atom stereocenters. The second-order valence-electron chi connectivity index (χ2n) is 12.5. The fourth-order valence-electron chi connectivity index (χ4n) is 5.69. The Morgan fingerprint density at radius 1 is 0.582 bits per heavy atom. The molecule has 2 aromatic carbocycles. The summed E-state index contributed by atoms with van der Waals surface area (Å²) >= 11 is 0. The molecule has 19 heteroatoms. The lowest BCUT2D eigenvalue weighted by Gasteiger charge is -2.34. The van der Waals surface area contributed by atoms with Gasteiger partial charge in [-0.2, -0.15) is 0 Å². The van der Waals surface area contributed by atoms with Crippen molar-refractivity contribution in [3.63, 3.8) is 0 Å². The summed E-state index contributed by atoms with van der Waals surface area (Å²) in [6.45, 7) is -1.49. The van der Waals surface area contributed by atoms with Gasteiger partial charge >= 0.3 is 12.2 Å². The fourth-order valence-corrected chi connectivity index (χ4v) is 5.69. The summed E-state index contributed by atoms with van der Waals surface area (Å²) in [6.07, 6.45) is -2.42. The van der Waals surface area contributed by atoms with E-state index in [1.165, 1.54) is 0 Å². The maximum absolute atomic E-state index is 13.6. The number of rotatable bonds is 26. The Balaban J connectivity index is 1.75. The molecular formula is C36H49N7O12. The van der Waals surface area contributed by atoms with Gasteiger partial charge in [0.2, 0.25) is 29.5 Å². The van der Waals surface area contributed by atoms with E-state index in [1.807, 2.05) is 48.5 Å². The molecule has 0 fully saturated rings. The lowest BCUT2D eigenvalue weighted by Crippen LogP contribution is -2.54. The number of carbonyl (C=O) groups excluding carboxylic acids is 7. The van der Waals surface area contributed by atoms with Gasteiger partial charge in [0.05, 0.1) is 25.4 Å². The second-order valence-corrected chi connectivity index (χ2v) is 12.5. The van der Waals surface area contributed by atoms with Crippen molar-refractivity contribution in [3.05, 3.63) is 59.7 Å². The van der Waals surface area contributed by atoms with Gasteiger partial charge in [-0.1, -0.05) is 48.5 Å². The molecule has 7 amide bonds. The monoisotopic (exact) mass is 771 g/mol. The molecule has 0 saturated carbocycles. The Morgan fingerprint density at radius 2 is 1.02 bits per heavy atom. The molecule has 0 saturated heterocycles. The molecule has 0 radical (unpaired) electrons. The number of primary amides is 3. The third kappa shape index (κ3) is 16.0. The largest absolute Gasteiger partial charge is 0.449 e. The van der Waals surface area contributed by atoms with Gasteiger partial charge in [-0.3, -0.25) is 24.0 Å². The molecule has 0 aliphatic heterocycles. The van der Waals surface area contributed by atoms with E-state index in [-0.39, 0.29) is 97.5 Å². The lowest BCUT2D eigenvalue weighted by atomic mass is 9.88. The number of hydrogen-bond donors (Lipinski definition) is 7. The number of nitrogens with two attached hydrogens (primary N) is 3. The minimum absolute atomic E-state index is 0.00753. The molecule has 2 aromatic rings. The van der Waals surface area contributed by atoms with Crippen molar-refractivity contribution in [2.45, 2.75) is 37.1 Å².